The smallest absolute Gasteiger partial charge is 0.314 e. The minimum absolute atomic E-state index is 0.0164. The van der Waals surface area contributed by atoms with E-state index in [1.165, 1.54) is 24.0 Å². The maximum absolute atomic E-state index is 13.6. The summed E-state index contributed by atoms with van der Waals surface area (Å²) in [4.78, 5) is 50.8. The third-order valence-corrected chi connectivity index (χ3v) is 13.0. The number of aliphatic carboxylic acids is 1. The molecule has 3 heterocycles. The lowest BCUT2D eigenvalue weighted by molar-refractivity contribution is -0.187. The lowest BCUT2D eigenvalue weighted by Crippen LogP contribution is -2.46. The average molecular weight is 1100 g/mol. The summed E-state index contributed by atoms with van der Waals surface area (Å²) in [5.74, 6) is -9.03. The molecule has 0 saturated carbocycles. The Balaban J connectivity index is 0.000000263. The van der Waals surface area contributed by atoms with E-state index in [9.17, 15) is 47.0 Å². The molecular weight excluding hydrogens is 1030 g/mol. The molecular formula is C57H70F4N8O10. The number of H-pyrrole nitrogens is 1. The summed E-state index contributed by atoms with van der Waals surface area (Å²) in [7, 11) is 1.68. The van der Waals surface area contributed by atoms with Gasteiger partial charge >= 0.3 is 11.9 Å². The number of carbonyl (C=O) groups excluding carboxylic acids is 3. The molecule has 18 nitrogen and oxygen atoms in total. The maximum atomic E-state index is 13.6. The number of ether oxygens (including phenoxy) is 3. The van der Waals surface area contributed by atoms with Crippen molar-refractivity contribution in [2.24, 2.45) is 17.9 Å². The summed E-state index contributed by atoms with van der Waals surface area (Å²) >= 11 is 0. The maximum Gasteiger partial charge on any atom is 0.314 e. The molecule has 6 aromatic rings. The van der Waals surface area contributed by atoms with Crippen LogP contribution < -0.4 is 10.6 Å². The molecule has 2 aromatic heterocycles. The summed E-state index contributed by atoms with van der Waals surface area (Å²) in [6.45, 7) is 4.36. The second kappa shape index (κ2) is 29.0. The Kier molecular flexibility index (Phi) is 22.9. The number of nitrogens with zero attached hydrogens (tertiary/aromatic N) is 5. The summed E-state index contributed by atoms with van der Waals surface area (Å²) in [5, 5.41) is 51.1. The number of amides is 2. The number of carbonyl (C=O) groups is 4. The zero-order chi connectivity index (χ0) is 57.8. The molecule has 0 radical (unpaired) electrons. The molecule has 0 aliphatic carbocycles. The fourth-order valence-electron chi connectivity index (χ4n) is 8.16. The van der Waals surface area contributed by atoms with Crippen molar-refractivity contribution < 1.29 is 66.3 Å². The van der Waals surface area contributed by atoms with E-state index in [1.54, 1.807) is 14.0 Å². The van der Waals surface area contributed by atoms with Gasteiger partial charge in [0.25, 0.3) is 23.7 Å². The molecule has 1 fully saturated rings. The molecule has 2 amide bonds. The summed E-state index contributed by atoms with van der Waals surface area (Å²) in [5.41, 5.74) is 3.57. The highest BCUT2D eigenvalue weighted by Gasteiger charge is 2.42. The first kappa shape index (κ1) is 62.4. The number of aromatic nitrogens is 6. The second-order valence-electron chi connectivity index (χ2n) is 20.3. The van der Waals surface area contributed by atoms with Crippen LogP contribution in [0.2, 0.25) is 0 Å². The first-order chi connectivity index (χ1) is 37.4. The van der Waals surface area contributed by atoms with Gasteiger partial charge < -0.3 is 40.2 Å². The number of aryl methyl sites for hydroxylation is 1. The largest absolute Gasteiger partial charge is 0.481 e. The minimum atomic E-state index is -3.24. The molecule has 7 rings (SSSR count). The van der Waals surface area contributed by atoms with Crippen LogP contribution in [0.1, 0.15) is 98.8 Å². The van der Waals surface area contributed by atoms with E-state index in [0.717, 1.165) is 59.6 Å². The van der Waals surface area contributed by atoms with E-state index in [-0.39, 0.29) is 30.8 Å². The zero-order valence-corrected chi connectivity index (χ0v) is 45.1. The van der Waals surface area contributed by atoms with Gasteiger partial charge in [0.1, 0.15) is 6.61 Å². The highest BCUT2D eigenvalue weighted by molar-refractivity contribution is 5.92. The van der Waals surface area contributed by atoms with Crippen LogP contribution in [0.25, 0.3) is 22.3 Å². The van der Waals surface area contributed by atoms with E-state index < -0.39 is 84.1 Å². The van der Waals surface area contributed by atoms with Gasteiger partial charge in [0.15, 0.2) is 23.8 Å². The van der Waals surface area contributed by atoms with Crippen molar-refractivity contribution in [2.45, 2.75) is 116 Å². The van der Waals surface area contributed by atoms with Crippen molar-refractivity contribution >= 4 is 23.8 Å². The van der Waals surface area contributed by atoms with E-state index in [4.69, 9.17) is 19.3 Å². The number of hydrogen-bond donors (Lipinski definition) is 6. The zero-order valence-electron chi connectivity index (χ0n) is 45.1. The van der Waals surface area contributed by atoms with Crippen LogP contribution in [0.4, 0.5) is 17.6 Å². The monoisotopic (exact) mass is 1100 g/mol. The van der Waals surface area contributed by atoms with E-state index in [2.05, 4.69) is 36.4 Å². The normalized spacial score (nSPS) is 16.2. The molecule has 426 valence electrons. The number of rotatable bonds is 23. The van der Waals surface area contributed by atoms with Crippen LogP contribution in [0.3, 0.4) is 0 Å². The van der Waals surface area contributed by atoms with Crippen molar-refractivity contribution in [1.29, 1.82) is 0 Å². The Hall–Kier alpha value is -7.40. The lowest BCUT2D eigenvalue weighted by Gasteiger charge is -2.32. The molecule has 79 heavy (non-hydrogen) atoms. The van der Waals surface area contributed by atoms with Gasteiger partial charge in [0, 0.05) is 39.6 Å². The summed E-state index contributed by atoms with van der Waals surface area (Å²) in [6.07, 6.45) is 4.29. The minimum Gasteiger partial charge on any atom is -0.481 e. The third-order valence-electron chi connectivity index (χ3n) is 13.0. The number of carboxylic acid groups (broad SMARTS) is 1. The molecule has 4 aromatic carbocycles. The Morgan fingerprint density at radius 2 is 1.23 bits per heavy atom. The Labute approximate surface area is 456 Å². The molecule has 1 aliphatic heterocycles. The van der Waals surface area contributed by atoms with Crippen molar-refractivity contribution in [3.05, 3.63) is 144 Å². The highest BCUT2D eigenvalue weighted by Crippen LogP contribution is 2.32. The Morgan fingerprint density at radius 1 is 0.734 bits per heavy atom. The van der Waals surface area contributed by atoms with E-state index in [0.29, 0.717) is 33.3 Å². The predicted octanol–water partition coefficient (Wildman–Crippen LogP) is 8.27. The SMILES string of the molecule is CC(F)(F)CO.CC(OC(=O)[C@](C)(CO)C[C@@H](Cc1ccc(-c2ccccc2)cc1)NC(=O)c1cn[nH]n1)C(C)(F)F.Cn1cc(C(=O)N[C@H](Cc2ccc(-c3ccccc3)cc2)C[C@@](C)(COC2CCCCO2)C(=O)O)nn1. The molecule has 6 atom stereocenters. The number of aliphatic hydroxyl groups excluding tert-OH is 2. The van der Waals surface area contributed by atoms with E-state index >= 15 is 0 Å². The fraction of sp³-hybridized carbons (Fsp3) is 0.439. The number of aliphatic hydroxyl groups is 2. The van der Waals surface area contributed by atoms with Crippen LogP contribution in [-0.4, -0.2) is 132 Å². The van der Waals surface area contributed by atoms with Gasteiger partial charge in [-0.15, -0.1) is 5.10 Å². The number of benzene rings is 4. The highest BCUT2D eigenvalue weighted by atomic mass is 19.3. The molecule has 22 heteroatoms. The first-order valence-corrected chi connectivity index (χ1v) is 25.7. The van der Waals surface area contributed by atoms with Crippen molar-refractivity contribution in [3.63, 3.8) is 0 Å². The number of nitrogens with one attached hydrogen (secondary N) is 3. The summed E-state index contributed by atoms with van der Waals surface area (Å²) in [6, 6.07) is 34.6. The number of esters is 1. The average Bonchev–Trinajstić information content (AvgIpc) is 4.17. The van der Waals surface area contributed by atoms with Gasteiger partial charge in [-0.3, -0.25) is 23.9 Å². The van der Waals surface area contributed by atoms with Crippen LogP contribution in [-0.2, 0) is 43.7 Å². The Morgan fingerprint density at radius 3 is 1.63 bits per heavy atom. The van der Waals surface area contributed by atoms with Gasteiger partial charge in [0.2, 0.25) is 0 Å². The molecule has 1 saturated heterocycles. The van der Waals surface area contributed by atoms with Gasteiger partial charge in [-0.05, 0) is 99.1 Å². The third kappa shape index (κ3) is 20.1. The van der Waals surface area contributed by atoms with Gasteiger partial charge in [0.05, 0.1) is 36.4 Å². The van der Waals surface area contributed by atoms with Gasteiger partial charge in [-0.1, -0.05) is 114 Å². The van der Waals surface area contributed by atoms with Crippen molar-refractivity contribution in [2.75, 3.05) is 26.4 Å². The fourth-order valence-corrected chi connectivity index (χ4v) is 8.16. The van der Waals surface area contributed by atoms with Crippen LogP contribution >= 0.6 is 0 Å². The second-order valence-corrected chi connectivity index (χ2v) is 20.3. The van der Waals surface area contributed by atoms with Crippen molar-refractivity contribution in [3.8, 4) is 22.3 Å². The van der Waals surface area contributed by atoms with Crippen molar-refractivity contribution in [1.82, 2.24) is 41.0 Å². The van der Waals surface area contributed by atoms with Gasteiger partial charge in [-0.2, -0.15) is 15.4 Å². The topological polar surface area (TPSA) is 253 Å². The van der Waals surface area contributed by atoms with Crippen LogP contribution in [0, 0.1) is 10.8 Å². The van der Waals surface area contributed by atoms with E-state index in [1.807, 2.05) is 109 Å². The quantitative estimate of drug-likeness (QED) is 0.0261. The van der Waals surface area contributed by atoms with Crippen LogP contribution in [0.5, 0.6) is 0 Å². The molecule has 0 bridgehead atoms. The number of aromatic amines is 1. The number of hydrogen-bond acceptors (Lipinski definition) is 13. The molecule has 6 N–H and O–H groups in total. The Bertz CT molecular complexity index is 2810. The number of carboxylic acids is 1. The van der Waals surface area contributed by atoms with Gasteiger partial charge in [-0.25, -0.2) is 17.6 Å². The summed E-state index contributed by atoms with van der Waals surface area (Å²) < 4.78 is 67.5. The standard InChI is InChI=1S/C28H34N4O5.C26H30F2N4O4.C3H6F2O/c1-28(27(34)35,19-37-25-10-6-7-15-36-25)17-23(29-26(33)24-18-32(2)31-30-24)16-20-11-13-22(14-12-20)21-8-4-3-5-9-21;1-17(26(3,27)28)36-24(35)25(2,16-33)14-21(30-23(34)22-15-29-32-31-22)13-18-9-11-20(12-10-18)19-7-5-4-6-8-19;1-3(4,5)2-6/h3-5,8-9,11-14,18,23,25H,6-7,10,15-17,19H2,1-2H3,(H,29,33)(H,34,35);4-12,15,17,21,33H,13-14,16H2,1-3H3,(H,30,34)(H,29,31,32);6H,2H2,1H3/t23-,25?,28+;17?,21-,25+;/m11./s1. The molecule has 2 unspecified atom stereocenters. The lowest BCUT2D eigenvalue weighted by atomic mass is 9.82. The predicted molar refractivity (Wildman–Crippen MR) is 285 cm³/mol. The van der Waals surface area contributed by atoms with Crippen LogP contribution in [0.15, 0.2) is 122 Å². The number of halogens is 4. The molecule has 1 aliphatic rings. The number of alkyl halides is 4. The first-order valence-electron chi connectivity index (χ1n) is 25.7. The molecule has 0 spiro atoms.